The van der Waals surface area contributed by atoms with Crippen molar-refractivity contribution < 1.29 is 4.74 Å². The Kier molecular flexibility index (Phi) is 3.62. The fourth-order valence-electron chi connectivity index (χ4n) is 1.77. The summed E-state index contributed by atoms with van der Waals surface area (Å²) in [5.74, 6) is 1.81. The second-order valence-electron chi connectivity index (χ2n) is 4.04. The maximum absolute atomic E-state index is 5.28. The van der Waals surface area contributed by atoms with Crippen molar-refractivity contribution >= 4 is 15.9 Å². The number of nitrogens with zero attached hydrogens (tertiary/aromatic N) is 1. The van der Waals surface area contributed by atoms with Crippen molar-refractivity contribution in [3.63, 3.8) is 0 Å². The van der Waals surface area contributed by atoms with E-state index >= 15 is 0 Å². The van der Waals surface area contributed by atoms with E-state index in [1.165, 1.54) is 12.8 Å². The van der Waals surface area contributed by atoms with Crippen LogP contribution < -0.4 is 4.74 Å². The molecule has 0 N–H and O–H groups in total. The van der Waals surface area contributed by atoms with Gasteiger partial charge in [-0.05, 0) is 43.7 Å². The highest BCUT2D eigenvalue weighted by molar-refractivity contribution is 9.09. The summed E-state index contributed by atoms with van der Waals surface area (Å²) < 4.78 is 5.28. The van der Waals surface area contributed by atoms with Gasteiger partial charge in [0.1, 0.15) is 5.75 Å². The summed E-state index contributed by atoms with van der Waals surface area (Å²) in [5.41, 5.74) is 1.07. The fraction of sp³-hybridized carbons (Fsp3) is 0.583. The topological polar surface area (TPSA) is 22.1 Å². The third kappa shape index (κ3) is 2.94. The number of hydrogen-bond donors (Lipinski definition) is 0. The molecule has 0 aromatic carbocycles. The van der Waals surface area contributed by atoms with Gasteiger partial charge in [0.15, 0.2) is 0 Å². The van der Waals surface area contributed by atoms with Gasteiger partial charge in [-0.25, -0.2) is 0 Å². The number of hydrogen-bond acceptors (Lipinski definition) is 2. The number of ether oxygens (including phenoxy) is 1. The van der Waals surface area contributed by atoms with Crippen molar-refractivity contribution in [2.45, 2.75) is 30.5 Å². The number of alkyl halides is 1. The Morgan fingerprint density at radius 2 is 2.40 bits per heavy atom. The molecule has 0 radical (unpaired) electrons. The number of aromatic nitrogens is 1. The Morgan fingerprint density at radius 1 is 1.60 bits per heavy atom. The molecule has 1 aromatic rings. The van der Waals surface area contributed by atoms with Gasteiger partial charge in [0.2, 0.25) is 0 Å². The molecule has 0 aliphatic heterocycles. The molecule has 1 aliphatic rings. The summed E-state index contributed by atoms with van der Waals surface area (Å²) in [6.07, 6.45) is 6.75. The summed E-state index contributed by atoms with van der Waals surface area (Å²) in [6, 6.07) is 3.89. The number of pyridine rings is 1. The summed E-state index contributed by atoms with van der Waals surface area (Å²) in [5, 5.41) is 0. The zero-order valence-electron chi connectivity index (χ0n) is 8.95. The van der Waals surface area contributed by atoms with Crippen molar-refractivity contribution in [3.05, 3.63) is 24.0 Å². The Bertz CT molecular complexity index is 325. The molecule has 2 nitrogen and oxygen atoms in total. The van der Waals surface area contributed by atoms with Crippen molar-refractivity contribution in [2.75, 3.05) is 7.11 Å². The first kappa shape index (κ1) is 10.9. The molecule has 1 unspecified atom stereocenters. The van der Waals surface area contributed by atoms with Crippen LogP contribution in [0.5, 0.6) is 5.75 Å². The molecule has 0 saturated heterocycles. The van der Waals surface area contributed by atoms with Crippen LogP contribution in [0.25, 0.3) is 0 Å². The van der Waals surface area contributed by atoms with E-state index in [4.69, 9.17) is 4.74 Å². The van der Waals surface area contributed by atoms with Gasteiger partial charge in [0.05, 0.1) is 12.8 Å². The Balaban J connectivity index is 1.91. The number of halogens is 1. The van der Waals surface area contributed by atoms with Crippen LogP contribution in [0.15, 0.2) is 18.3 Å². The van der Waals surface area contributed by atoms with E-state index in [1.807, 2.05) is 18.3 Å². The van der Waals surface area contributed by atoms with Gasteiger partial charge in [0.25, 0.3) is 0 Å². The van der Waals surface area contributed by atoms with Gasteiger partial charge in [0, 0.05) is 11.0 Å². The molecule has 1 atom stereocenters. The molecule has 2 rings (SSSR count). The first-order valence-electron chi connectivity index (χ1n) is 5.43. The number of aryl methyl sites for hydroxylation is 1. The van der Waals surface area contributed by atoms with E-state index in [9.17, 15) is 0 Å². The van der Waals surface area contributed by atoms with Crippen molar-refractivity contribution in [1.82, 2.24) is 4.98 Å². The summed E-state index contributed by atoms with van der Waals surface area (Å²) in [4.78, 5) is 5.01. The Hall–Kier alpha value is -0.570. The van der Waals surface area contributed by atoms with E-state index in [2.05, 4.69) is 20.9 Å². The van der Waals surface area contributed by atoms with Crippen LogP contribution >= 0.6 is 15.9 Å². The molecule has 82 valence electrons. The monoisotopic (exact) mass is 269 g/mol. The maximum Gasteiger partial charge on any atom is 0.140 e. The van der Waals surface area contributed by atoms with E-state index in [-0.39, 0.29) is 0 Å². The van der Waals surface area contributed by atoms with E-state index in [0.29, 0.717) is 4.83 Å². The van der Waals surface area contributed by atoms with Crippen LogP contribution in [0.1, 0.15) is 25.0 Å². The SMILES string of the molecule is COc1cccnc1CCC(Br)C1CC1. The smallest absolute Gasteiger partial charge is 0.140 e. The summed E-state index contributed by atoms with van der Waals surface area (Å²) >= 11 is 3.74. The molecule has 3 heteroatoms. The van der Waals surface area contributed by atoms with Crippen LogP contribution in [0.2, 0.25) is 0 Å². The molecule has 1 heterocycles. The minimum Gasteiger partial charge on any atom is -0.495 e. The largest absolute Gasteiger partial charge is 0.495 e. The predicted molar refractivity (Wildman–Crippen MR) is 64.5 cm³/mol. The van der Waals surface area contributed by atoms with Gasteiger partial charge < -0.3 is 4.74 Å². The van der Waals surface area contributed by atoms with Crippen LogP contribution in [-0.4, -0.2) is 16.9 Å². The average molecular weight is 270 g/mol. The van der Waals surface area contributed by atoms with Gasteiger partial charge in [-0.3, -0.25) is 4.98 Å². The lowest BCUT2D eigenvalue weighted by molar-refractivity contribution is 0.406. The third-order valence-corrected chi connectivity index (χ3v) is 4.06. The molecule has 1 aliphatic carbocycles. The zero-order valence-corrected chi connectivity index (χ0v) is 10.5. The lowest BCUT2D eigenvalue weighted by Crippen LogP contribution is -2.04. The lowest BCUT2D eigenvalue weighted by atomic mass is 10.1. The first-order chi connectivity index (χ1) is 7.31. The Labute approximate surface area is 99.2 Å². The maximum atomic E-state index is 5.28. The molecular formula is C12H16BrNO. The van der Waals surface area contributed by atoms with Gasteiger partial charge in [-0.15, -0.1) is 0 Å². The van der Waals surface area contributed by atoms with E-state index in [1.54, 1.807) is 7.11 Å². The van der Waals surface area contributed by atoms with Gasteiger partial charge in [-0.1, -0.05) is 15.9 Å². The van der Waals surface area contributed by atoms with Crippen LogP contribution in [-0.2, 0) is 6.42 Å². The molecular weight excluding hydrogens is 254 g/mol. The normalized spacial score (nSPS) is 17.5. The second kappa shape index (κ2) is 4.97. The lowest BCUT2D eigenvalue weighted by Gasteiger charge is -2.09. The Morgan fingerprint density at radius 3 is 3.07 bits per heavy atom. The molecule has 0 spiro atoms. The minimum atomic E-state index is 0.657. The van der Waals surface area contributed by atoms with Crippen LogP contribution in [0.3, 0.4) is 0 Å². The highest BCUT2D eigenvalue weighted by Gasteiger charge is 2.28. The van der Waals surface area contributed by atoms with Crippen molar-refractivity contribution in [2.24, 2.45) is 5.92 Å². The summed E-state index contributed by atoms with van der Waals surface area (Å²) in [6.45, 7) is 0. The second-order valence-corrected chi connectivity index (χ2v) is 5.22. The molecule has 15 heavy (non-hydrogen) atoms. The standard InChI is InChI=1S/C12H16BrNO/c1-15-12-3-2-8-14-11(12)7-6-10(13)9-4-5-9/h2-3,8-10H,4-7H2,1H3. The predicted octanol–water partition coefficient (Wildman–Crippen LogP) is 3.20. The van der Waals surface area contributed by atoms with Crippen LogP contribution in [0, 0.1) is 5.92 Å². The van der Waals surface area contributed by atoms with Gasteiger partial charge in [-0.2, -0.15) is 0 Å². The summed E-state index contributed by atoms with van der Waals surface area (Å²) in [7, 11) is 1.70. The molecule has 0 bridgehead atoms. The van der Waals surface area contributed by atoms with Crippen molar-refractivity contribution in [1.29, 1.82) is 0 Å². The highest BCUT2D eigenvalue weighted by Crippen LogP contribution is 2.38. The molecule has 1 saturated carbocycles. The third-order valence-electron chi connectivity index (χ3n) is 2.86. The number of rotatable bonds is 5. The molecule has 1 aromatic heterocycles. The first-order valence-corrected chi connectivity index (χ1v) is 6.35. The average Bonchev–Trinajstić information content (AvgIpc) is 3.10. The molecule has 0 amide bonds. The van der Waals surface area contributed by atoms with E-state index in [0.717, 1.165) is 30.2 Å². The fourth-order valence-corrected chi connectivity index (χ4v) is 2.52. The van der Waals surface area contributed by atoms with E-state index < -0.39 is 0 Å². The van der Waals surface area contributed by atoms with Crippen LogP contribution in [0.4, 0.5) is 0 Å². The zero-order chi connectivity index (χ0) is 10.7. The number of methoxy groups -OCH3 is 1. The minimum absolute atomic E-state index is 0.657. The van der Waals surface area contributed by atoms with Crippen molar-refractivity contribution in [3.8, 4) is 5.75 Å². The highest BCUT2D eigenvalue weighted by atomic mass is 79.9. The van der Waals surface area contributed by atoms with Gasteiger partial charge >= 0.3 is 0 Å². The molecule has 1 fully saturated rings. The quantitative estimate of drug-likeness (QED) is 0.766.